The topological polar surface area (TPSA) is 103 Å². The Bertz CT molecular complexity index is 882. The third-order valence-electron chi connectivity index (χ3n) is 3.66. The molecule has 0 unspecified atom stereocenters. The molecule has 0 aliphatic rings. The van der Waals surface area contributed by atoms with Gasteiger partial charge in [0.05, 0.1) is 5.56 Å². The van der Waals surface area contributed by atoms with E-state index in [9.17, 15) is 4.79 Å². The Morgan fingerprint density at radius 2 is 1.77 bits per heavy atom. The van der Waals surface area contributed by atoms with Gasteiger partial charge in [-0.3, -0.25) is 0 Å². The summed E-state index contributed by atoms with van der Waals surface area (Å²) in [6.07, 6.45) is 0.913. The Hall–Kier alpha value is -3.48. The fraction of sp³-hybridized carbons (Fsp3) is 0.158. The Labute approximate surface area is 151 Å². The van der Waals surface area contributed by atoms with E-state index in [4.69, 9.17) is 10.5 Å². The first-order valence-corrected chi connectivity index (χ1v) is 8.22. The van der Waals surface area contributed by atoms with E-state index in [1.165, 1.54) is 0 Å². The summed E-state index contributed by atoms with van der Waals surface area (Å²) in [5.74, 6) is 0.178. The number of hydrogen-bond acceptors (Lipinski definition) is 7. The number of aromatic nitrogens is 3. The van der Waals surface area contributed by atoms with Gasteiger partial charge < -0.3 is 15.8 Å². The van der Waals surface area contributed by atoms with Crippen molar-refractivity contribution in [2.75, 3.05) is 11.1 Å². The van der Waals surface area contributed by atoms with Gasteiger partial charge in [-0.25, -0.2) is 4.79 Å². The maximum atomic E-state index is 12.1. The largest absolute Gasteiger partial charge is 0.454 e. The van der Waals surface area contributed by atoms with Gasteiger partial charge >= 0.3 is 5.97 Å². The van der Waals surface area contributed by atoms with Crippen LogP contribution >= 0.6 is 0 Å². The average Bonchev–Trinajstić information content (AvgIpc) is 2.66. The van der Waals surface area contributed by atoms with E-state index in [0.29, 0.717) is 11.5 Å². The molecule has 1 heterocycles. The number of nitrogens with zero attached hydrogens (tertiary/aromatic N) is 3. The fourth-order valence-electron chi connectivity index (χ4n) is 2.30. The molecule has 0 amide bonds. The van der Waals surface area contributed by atoms with E-state index in [-0.39, 0.29) is 18.4 Å². The molecule has 132 valence electrons. The first kappa shape index (κ1) is 17.3. The van der Waals surface area contributed by atoms with E-state index in [0.717, 1.165) is 17.7 Å². The second kappa shape index (κ2) is 8.06. The second-order valence-corrected chi connectivity index (χ2v) is 5.55. The van der Waals surface area contributed by atoms with Crippen LogP contribution in [0.25, 0.3) is 0 Å². The van der Waals surface area contributed by atoms with Crippen LogP contribution < -0.4 is 11.1 Å². The number of esters is 1. The Morgan fingerprint density at radius 1 is 1.04 bits per heavy atom. The van der Waals surface area contributed by atoms with Crippen molar-refractivity contribution in [2.24, 2.45) is 0 Å². The molecule has 3 N–H and O–H groups in total. The molecule has 1 aromatic heterocycles. The normalized spacial score (nSPS) is 10.3. The highest BCUT2D eigenvalue weighted by molar-refractivity contribution is 5.89. The first-order chi connectivity index (χ1) is 12.6. The highest BCUT2D eigenvalue weighted by Gasteiger charge is 2.10. The average molecular weight is 349 g/mol. The molecule has 0 aliphatic heterocycles. The summed E-state index contributed by atoms with van der Waals surface area (Å²) < 4.78 is 5.27. The molecule has 0 saturated carbocycles. The lowest BCUT2D eigenvalue weighted by Crippen LogP contribution is -2.11. The smallest absolute Gasteiger partial charge is 0.338 e. The van der Waals surface area contributed by atoms with Gasteiger partial charge in [0, 0.05) is 5.69 Å². The Morgan fingerprint density at radius 3 is 2.46 bits per heavy atom. The summed E-state index contributed by atoms with van der Waals surface area (Å²) in [4.78, 5) is 24.4. The number of hydrogen-bond donors (Lipinski definition) is 2. The monoisotopic (exact) mass is 349 g/mol. The van der Waals surface area contributed by atoms with Crippen molar-refractivity contribution in [3.05, 3.63) is 71.5 Å². The third-order valence-corrected chi connectivity index (χ3v) is 3.66. The molecular formula is C19H19N5O2. The molecule has 3 rings (SSSR count). The maximum Gasteiger partial charge on any atom is 0.338 e. The van der Waals surface area contributed by atoms with Gasteiger partial charge in [-0.1, -0.05) is 37.3 Å². The zero-order valence-corrected chi connectivity index (χ0v) is 14.3. The summed E-state index contributed by atoms with van der Waals surface area (Å²) in [6.45, 7) is 1.96. The summed E-state index contributed by atoms with van der Waals surface area (Å²) >= 11 is 0. The van der Waals surface area contributed by atoms with Gasteiger partial charge in [0.1, 0.15) is 0 Å². The quantitative estimate of drug-likeness (QED) is 0.659. The highest BCUT2D eigenvalue weighted by atomic mass is 16.5. The molecular weight excluding hydrogens is 330 g/mol. The molecule has 0 bridgehead atoms. The van der Waals surface area contributed by atoms with Gasteiger partial charge in [-0.05, 0) is 36.2 Å². The molecule has 3 aromatic rings. The van der Waals surface area contributed by atoms with E-state index in [2.05, 4.69) is 27.2 Å². The van der Waals surface area contributed by atoms with Crippen LogP contribution in [0.5, 0.6) is 0 Å². The number of anilines is 3. The summed E-state index contributed by atoms with van der Waals surface area (Å²) in [5, 5.41) is 3.03. The highest BCUT2D eigenvalue weighted by Crippen LogP contribution is 2.13. The van der Waals surface area contributed by atoms with Crippen LogP contribution in [0, 0.1) is 0 Å². The van der Waals surface area contributed by atoms with Crippen molar-refractivity contribution in [1.82, 2.24) is 15.0 Å². The van der Waals surface area contributed by atoms with Gasteiger partial charge in [0.15, 0.2) is 12.4 Å². The van der Waals surface area contributed by atoms with Crippen LogP contribution in [0.2, 0.25) is 0 Å². The molecule has 0 aliphatic carbocycles. The van der Waals surface area contributed by atoms with Crippen molar-refractivity contribution in [3.63, 3.8) is 0 Å². The lowest BCUT2D eigenvalue weighted by Gasteiger charge is -2.08. The summed E-state index contributed by atoms with van der Waals surface area (Å²) in [6, 6.07) is 16.7. The van der Waals surface area contributed by atoms with Crippen LogP contribution in [0.4, 0.5) is 17.6 Å². The molecule has 0 spiro atoms. The first-order valence-electron chi connectivity index (χ1n) is 8.22. The van der Waals surface area contributed by atoms with Crippen LogP contribution in [0.15, 0.2) is 54.6 Å². The molecule has 0 radical (unpaired) electrons. The summed E-state index contributed by atoms with van der Waals surface area (Å²) in [5.41, 5.74) is 8.17. The zero-order valence-electron chi connectivity index (χ0n) is 14.3. The number of para-hydroxylation sites is 1. The molecule has 0 fully saturated rings. The Balaban J connectivity index is 1.66. The number of benzene rings is 2. The van der Waals surface area contributed by atoms with Crippen molar-refractivity contribution >= 4 is 23.6 Å². The van der Waals surface area contributed by atoms with Gasteiger partial charge in [0.2, 0.25) is 11.9 Å². The minimum Gasteiger partial charge on any atom is -0.454 e. The number of aryl methyl sites for hydroxylation is 1. The predicted octanol–water partition coefficient (Wildman–Crippen LogP) is 3.12. The molecule has 0 saturated heterocycles. The van der Waals surface area contributed by atoms with Crippen molar-refractivity contribution in [2.45, 2.75) is 20.0 Å². The van der Waals surface area contributed by atoms with Crippen molar-refractivity contribution in [3.8, 4) is 0 Å². The molecule has 2 aromatic carbocycles. The van der Waals surface area contributed by atoms with Crippen molar-refractivity contribution < 1.29 is 9.53 Å². The predicted molar refractivity (Wildman–Crippen MR) is 98.9 cm³/mol. The van der Waals surface area contributed by atoms with Crippen LogP contribution in [-0.2, 0) is 17.8 Å². The van der Waals surface area contributed by atoms with Crippen molar-refractivity contribution in [1.29, 1.82) is 0 Å². The van der Waals surface area contributed by atoms with E-state index < -0.39 is 5.97 Å². The number of nitrogens with one attached hydrogen (secondary N) is 1. The fourth-order valence-corrected chi connectivity index (χ4v) is 2.30. The van der Waals surface area contributed by atoms with Gasteiger partial charge in [-0.15, -0.1) is 0 Å². The lowest BCUT2D eigenvalue weighted by molar-refractivity contribution is 0.0462. The third kappa shape index (κ3) is 4.54. The van der Waals surface area contributed by atoms with Gasteiger partial charge in [-0.2, -0.15) is 15.0 Å². The standard InChI is InChI=1S/C19H19N5O2/c1-2-13-8-10-14(11-9-13)17(25)26-12-16-22-18(20)24-19(23-16)21-15-6-4-3-5-7-15/h3-11H,2,12H2,1H3,(H3,20,21,22,23,24). The maximum absolute atomic E-state index is 12.1. The second-order valence-electron chi connectivity index (χ2n) is 5.55. The minimum atomic E-state index is -0.441. The van der Waals surface area contributed by atoms with Crippen LogP contribution in [0.3, 0.4) is 0 Å². The van der Waals surface area contributed by atoms with E-state index in [1.807, 2.05) is 42.5 Å². The lowest BCUT2D eigenvalue weighted by atomic mass is 10.1. The number of ether oxygens (including phenoxy) is 1. The number of nitrogen functional groups attached to an aromatic ring is 1. The van der Waals surface area contributed by atoms with E-state index in [1.54, 1.807) is 12.1 Å². The number of carbonyl (C=O) groups is 1. The minimum absolute atomic E-state index is 0.0526. The van der Waals surface area contributed by atoms with Crippen LogP contribution in [-0.4, -0.2) is 20.9 Å². The van der Waals surface area contributed by atoms with Crippen LogP contribution in [0.1, 0.15) is 28.7 Å². The zero-order chi connectivity index (χ0) is 18.4. The Kier molecular flexibility index (Phi) is 5.38. The summed E-state index contributed by atoms with van der Waals surface area (Å²) in [7, 11) is 0. The molecule has 0 atom stereocenters. The van der Waals surface area contributed by atoms with E-state index >= 15 is 0 Å². The number of carbonyl (C=O) groups excluding carboxylic acids is 1. The number of nitrogens with two attached hydrogens (primary N) is 1. The SMILES string of the molecule is CCc1ccc(C(=O)OCc2nc(N)nc(Nc3ccccc3)n2)cc1. The number of rotatable bonds is 6. The molecule has 7 heteroatoms. The molecule has 7 nitrogen and oxygen atoms in total. The molecule has 26 heavy (non-hydrogen) atoms. The van der Waals surface area contributed by atoms with Gasteiger partial charge in [0.25, 0.3) is 0 Å².